The fourth-order valence-electron chi connectivity index (χ4n) is 4.14. The van der Waals surface area contributed by atoms with Gasteiger partial charge in [0, 0.05) is 25.2 Å². The van der Waals surface area contributed by atoms with Crippen molar-refractivity contribution in [3.63, 3.8) is 0 Å². The minimum absolute atomic E-state index is 0.0648. The Morgan fingerprint density at radius 1 is 1.12 bits per heavy atom. The molecule has 0 unspecified atom stereocenters. The van der Waals surface area contributed by atoms with Gasteiger partial charge >= 0.3 is 12.3 Å². The van der Waals surface area contributed by atoms with E-state index in [0.717, 1.165) is 12.3 Å². The average Bonchev–Trinajstić information content (AvgIpc) is 3.12. The number of likely N-dealkylation sites (tertiary alicyclic amines) is 1. The van der Waals surface area contributed by atoms with Crippen LogP contribution in [0.3, 0.4) is 0 Å². The molecule has 0 radical (unpaired) electrons. The van der Waals surface area contributed by atoms with Crippen molar-refractivity contribution in [2.45, 2.75) is 57.9 Å². The van der Waals surface area contributed by atoms with E-state index in [0.29, 0.717) is 48.1 Å². The lowest BCUT2D eigenvalue weighted by Crippen LogP contribution is -2.41. The molecule has 3 heterocycles. The lowest BCUT2D eigenvalue weighted by atomic mass is 9.91. The van der Waals surface area contributed by atoms with Gasteiger partial charge in [0.05, 0.1) is 23.1 Å². The number of benzene rings is 1. The molecule has 1 aliphatic rings. The molecule has 10 heteroatoms. The highest BCUT2D eigenvalue weighted by molar-refractivity contribution is 5.83. The van der Waals surface area contributed by atoms with Crippen LogP contribution in [0.15, 0.2) is 36.5 Å². The van der Waals surface area contributed by atoms with E-state index < -0.39 is 23.3 Å². The zero-order valence-electron chi connectivity index (χ0n) is 19.2. The molecule has 3 aromatic rings. The number of piperidine rings is 1. The Bertz CT molecular complexity index is 1170. The zero-order chi connectivity index (χ0) is 24.7. The van der Waals surface area contributed by atoms with Crippen molar-refractivity contribution in [3.05, 3.63) is 59.3 Å². The van der Waals surface area contributed by atoms with Crippen LogP contribution in [0.25, 0.3) is 10.9 Å². The number of carbonyl (C=O) groups is 1. The quantitative estimate of drug-likeness (QED) is 0.450. The van der Waals surface area contributed by atoms with Crippen LogP contribution >= 0.6 is 0 Å². The predicted molar refractivity (Wildman–Crippen MR) is 118 cm³/mol. The van der Waals surface area contributed by atoms with E-state index in [-0.39, 0.29) is 18.6 Å². The van der Waals surface area contributed by atoms with E-state index in [1.54, 1.807) is 21.7 Å². The molecule has 0 atom stereocenters. The fraction of sp³-hybridized carbons (Fsp3) is 0.458. The van der Waals surface area contributed by atoms with Crippen LogP contribution in [0.1, 0.15) is 56.5 Å². The monoisotopic (exact) mass is 478 g/mol. The summed E-state index contributed by atoms with van der Waals surface area (Å²) in [5.74, 6) is -0.469. The van der Waals surface area contributed by atoms with Gasteiger partial charge in [-0.05, 0) is 57.4 Å². The summed E-state index contributed by atoms with van der Waals surface area (Å²) in [4.78, 5) is 17.5. The average molecular weight is 478 g/mol. The van der Waals surface area contributed by atoms with Gasteiger partial charge < -0.3 is 9.64 Å². The van der Waals surface area contributed by atoms with Gasteiger partial charge in [0.25, 0.3) is 0 Å². The molecule has 0 N–H and O–H groups in total. The Balaban J connectivity index is 1.56. The van der Waals surface area contributed by atoms with Crippen molar-refractivity contribution in [1.82, 2.24) is 19.7 Å². The van der Waals surface area contributed by atoms with Crippen LogP contribution < -0.4 is 0 Å². The molecule has 6 nitrogen and oxygen atoms in total. The summed E-state index contributed by atoms with van der Waals surface area (Å²) < 4.78 is 60.3. The van der Waals surface area contributed by atoms with E-state index in [1.807, 2.05) is 20.8 Å². The van der Waals surface area contributed by atoms with Crippen LogP contribution in [-0.4, -0.2) is 44.4 Å². The largest absolute Gasteiger partial charge is 0.444 e. The Morgan fingerprint density at radius 3 is 2.41 bits per heavy atom. The molecule has 0 bridgehead atoms. The standard InChI is InChI=1S/C24H26F4N4O2/c1-23(2,3)34-22(33)31-11-9-16(10-12-31)21-20-17(25)5-4-6-18(20)32(30-21)14-15-7-8-19(29-13-15)24(26,27)28/h4-8,13,16H,9-12,14H2,1-3H3. The molecule has 1 amide bonds. The molecular formula is C24H26F4N4O2. The number of fused-ring (bicyclic) bond motifs is 1. The number of amides is 1. The molecule has 0 aliphatic carbocycles. The lowest BCUT2D eigenvalue weighted by molar-refractivity contribution is -0.141. The number of hydrogen-bond donors (Lipinski definition) is 0. The van der Waals surface area contributed by atoms with Gasteiger partial charge in [-0.15, -0.1) is 0 Å². The van der Waals surface area contributed by atoms with Crippen molar-refractivity contribution in [2.75, 3.05) is 13.1 Å². The number of rotatable bonds is 3. The van der Waals surface area contributed by atoms with Crippen LogP contribution in [0.5, 0.6) is 0 Å². The molecule has 4 rings (SSSR count). The number of hydrogen-bond acceptors (Lipinski definition) is 4. The minimum Gasteiger partial charge on any atom is -0.444 e. The van der Waals surface area contributed by atoms with E-state index in [1.165, 1.54) is 12.1 Å². The maximum atomic E-state index is 14.9. The summed E-state index contributed by atoms with van der Waals surface area (Å²) in [6.07, 6.45) is -2.53. The van der Waals surface area contributed by atoms with Gasteiger partial charge in [-0.1, -0.05) is 12.1 Å². The number of ether oxygens (including phenoxy) is 1. The molecule has 0 spiro atoms. The third kappa shape index (κ3) is 5.15. The van der Waals surface area contributed by atoms with Crippen LogP contribution in [0.4, 0.5) is 22.4 Å². The Labute approximate surface area is 194 Å². The summed E-state index contributed by atoms with van der Waals surface area (Å²) in [5.41, 5.74) is 0.124. The van der Waals surface area contributed by atoms with Crippen molar-refractivity contribution in [3.8, 4) is 0 Å². The predicted octanol–water partition coefficient (Wildman–Crippen LogP) is 5.75. The van der Waals surface area contributed by atoms with E-state index in [2.05, 4.69) is 10.1 Å². The number of carbonyl (C=O) groups excluding carboxylic acids is 1. The summed E-state index contributed by atoms with van der Waals surface area (Å²) in [7, 11) is 0. The first-order chi connectivity index (χ1) is 15.9. The van der Waals surface area contributed by atoms with Gasteiger partial charge in [0.2, 0.25) is 0 Å². The highest BCUT2D eigenvalue weighted by Gasteiger charge is 2.32. The number of halogens is 4. The van der Waals surface area contributed by atoms with Gasteiger partial charge in [0.1, 0.15) is 17.1 Å². The second-order valence-corrected chi connectivity index (χ2v) is 9.47. The van der Waals surface area contributed by atoms with Crippen LogP contribution in [0, 0.1) is 5.82 Å². The van der Waals surface area contributed by atoms with Crippen LogP contribution in [-0.2, 0) is 17.5 Å². The molecule has 1 aliphatic heterocycles. The first-order valence-electron chi connectivity index (χ1n) is 11.1. The lowest BCUT2D eigenvalue weighted by Gasteiger charge is -2.33. The van der Waals surface area contributed by atoms with Crippen LogP contribution in [0.2, 0.25) is 0 Å². The summed E-state index contributed by atoms with van der Waals surface area (Å²) in [6.45, 7) is 6.51. The Hall–Kier alpha value is -3.17. The van der Waals surface area contributed by atoms with E-state index in [9.17, 15) is 22.4 Å². The summed E-state index contributed by atoms with van der Waals surface area (Å²) in [5, 5.41) is 5.06. The molecule has 1 aromatic carbocycles. The van der Waals surface area contributed by atoms with Crippen molar-refractivity contribution >= 4 is 17.0 Å². The van der Waals surface area contributed by atoms with E-state index in [4.69, 9.17) is 4.74 Å². The number of aromatic nitrogens is 3. The van der Waals surface area contributed by atoms with Crippen molar-refractivity contribution in [1.29, 1.82) is 0 Å². The third-order valence-electron chi connectivity index (χ3n) is 5.74. The SMILES string of the molecule is CC(C)(C)OC(=O)N1CCC(c2nn(Cc3ccc(C(F)(F)F)nc3)c3cccc(F)c23)CC1. The highest BCUT2D eigenvalue weighted by atomic mass is 19.4. The highest BCUT2D eigenvalue weighted by Crippen LogP contribution is 2.35. The Morgan fingerprint density at radius 2 is 1.82 bits per heavy atom. The molecule has 1 saturated heterocycles. The number of alkyl halides is 3. The zero-order valence-corrected chi connectivity index (χ0v) is 19.2. The smallest absolute Gasteiger partial charge is 0.433 e. The van der Waals surface area contributed by atoms with Gasteiger partial charge in [-0.25, -0.2) is 9.18 Å². The minimum atomic E-state index is -4.51. The molecule has 1 fully saturated rings. The maximum Gasteiger partial charge on any atom is 0.433 e. The topological polar surface area (TPSA) is 60.2 Å². The number of pyridine rings is 1. The third-order valence-corrected chi connectivity index (χ3v) is 5.74. The van der Waals surface area contributed by atoms with Crippen molar-refractivity contribution < 1.29 is 27.1 Å². The molecule has 34 heavy (non-hydrogen) atoms. The molecule has 182 valence electrons. The fourth-order valence-corrected chi connectivity index (χ4v) is 4.14. The number of nitrogens with zero attached hydrogens (tertiary/aromatic N) is 4. The second-order valence-electron chi connectivity index (χ2n) is 9.47. The summed E-state index contributed by atoms with van der Waals surface area (Å²) >= 11 is 0. The maximum absolute atomic E-state index is 14.9. The second kappa shape index (κ2) is 8.88. The normalized spacial score (nSPS) is 15.7. The van der Waals surface area contributed by atoms with E-state index >= 15 is 0 Å². The first kappa shape index (κ1) is 24.0. The molecular weight excluding hydrogens is 452 g/mol. The molecule has 0 saturated carbocycles. The summed E-state index contributed by atoms with van der Waals surface area (Å²) in [6, 6.07) is 6.96. The Kier molecular flexibility index (Phi) is 6.26. The van der Waals surface area contributed by atoms with Crippen molar-refractivity contribution in [2.24, 2.45) is 0 Å². The first-order valence-corrected chi connectivity index (χ1v) is 11.1. The molecule has 2 aromatic heterocycles. The van der Waals surface area contributed by atoms with Gasteiger partial charge in [-0.2, -0.15) is 18.3 Å². The van der Waals surface area contributed by atoms with Gasteiger partial charge in [0.15, 0.2) is 0 Å². The van der Waals surface area contributed by atoms with Gasteiger partial charge in [-0.3, -0.25) is 9.67 Å².